The molecule has 0 aliphatic rings. The summed E-state index contributed by atoms with van der Waals surface area (Å²) in [7, 11) is 0. The number of nitrogens with one attached hydrogen (secondary N) is 2. The second-order valence-electron chi connectivity index (χ2n) is 4.05. The second-order valence-corrected chi connectivity index (χ2v) is 5.27. The normalized spacial score (nSPS) is 10.6. The molecule has 112 valence electrons. The van der Waals surface area contributed by atoms with Crippen molar-refractivity contribution in [2.45, 2.75) is 6.92 Å². The first-order valence-electron chi connectivity index (χ1n) is 5.93. The lowest BCUT2D eigenvalue weighted by Crippen LogP contribution is -2.06. The Morgan fingerprint density at radius 3 is 2.24 bits per heavy atom. The van der Waals surface area contributed by atoms with Gasteiger partial charge in [-0.1, -0.05) is 34.8 Å². The monoisotopic (exact) mass is 351 g/mol. The molecule has 0 aliphatic carbocycles. The van der Waals surface area contributed by atoms with Crippen LogP contribution < -0.4 is 10.6 Å². The lowest BCUT2D eigenvalue weighted by molar-refractivity contribution is 0.579. The molecule has 0 saturated heterocycles. The molecule has 0 spiro atoms. The molecule has 1 aromatic heterocycles. The number of hydrogen-bond acceptors (Lipinski definition) is 3. The van der Waals surface area contributed by atoms with Crippen molar-refractivity contribution in [3.05, 3.63) is 44.9 Å². The van der Waals surface area contributed by atoms with Gasteiger partial charge in [0.1, 0.15) is 0 Å². The summed E-state index contributed by atoms with van der Waals surface area (Å²) in [6, 6.07) is 3.59. The van der Waals surface area contributed by atoms with E-state index in [1.54, 1.807) is 6.92 Å². The second kappa shape index (κ2) is 6.64. The molecule has 2 rings (SSSR count). The molecule has 1 aromatic carbocycles. The van der Waals surface area contributed by atoms with Crippen molar-refractivity contribution in [1.82, 2.24) is 4.98 Å². The van der Waals surface area contributed by atoms with E-state index in [0.29, 0.717) is 12.2 Å². The van der Waals surface area contributed by atoms with E-state index in [1.807, 2.05) is 0 Å². The van der Waals surface area contributed by atoms with E-state index in [9.17, 15) is 8.78 Å². The summed E-state index contributed by atoms with van der Waals surface area (Å²) in [6.07, 6.45) is 0. The van der Waals surface area contributed by atoms with Gasteiger partial charge in [-0.05, 0) is 19.1 Å². The molecular weight excluding hydrogens is 343 g/mol. The fourth-order valence-corrected chi connectivity index (χ4v) is 2.19. The fourth-order valence-electron chi connectivity index (χ4n) is 1.59. The summed E-state index contributed by atoms with van der Waals surface area (Å²) >= 11 is 17.7. The average Bonchev–Trinajstić information content (AvgIpc) is 2.41. The Morgan fingerprint density at radius 1 is 0.952 bits per heavy atom. The van der Waals surface area contributed by atoms with Gasteiger partial charge in [-0.25, -0.2) is 13.8 Å². The summed E-state index contributed by atoms with van der Waals surface area (Å²) in [5, 5.41) is 6.11. The van der Waals surface area contributed by atoms with Gasteiger partial charge in [0.15, 0.2) is 23.3 Å². The molecule has 21 heavy (non-hydrogen) atoms. The number of rotatable bonds is 4. The van der Waals surface area contributed by atoms with Crippen molar-refractivity contribution in [2.75, 3.05) is 17.2 Å². The largest absolute Gasteiger partial charge is 0.368 e. The predicted octanol–water partition coefficient (Wildman–Crippen LogP) is 5.50. The van der Waals surface area contributed by atoms with Gasteiger partial charge in [0.25, 0.3) is 0 Å². The third-order valence-corrected chi connectivity index (χ3v) is 3.57. The van der Waals surface area contributed by atoms with Crippen molar-refractivity contribution >= 4 is 52.1 Å². The quantitative estimate of drug-likeness (QED) is 0.714. The molecule has 2 aromatic rings. The molecule has 0 fully saturated rings. The van der Waals surface area contributed by atoms with E-state index >= 15 is 0 Å². The smallest absolute Gasteiger partial charge is 0.169 e. The van der Waals surface area contributed by atoms with Gasteiger partial charge < -0.3 is 10.6 Å². The van der Waals surface area contributed by atoms with Crippen molar-refractivity contribution in [3.8, 4) is 0 Å². The van der Waals surface area contributed by atoms with E-state index in [1.165, 1.54) is 12.1 Å². The van der Waals surface area contributed by atoms with Crippen LogP contribution in [0.1, 0.15) is 6.92 Å². The summed E-state index contributed by atoms with van der Waals surface area (Å²) < 4.78 is 27.3. The summed E-state index contributed by atoms with van der Waals surface area (Å²) in [5.41, 5.74) is 0.312. The van der Waals surface area contributed by atoms with Crippen LogP contribution in [0.3, 0.4) is 0 Å². The molecule has 0 saturated carbocycles. The molecule has 0 aliphatic heterocycles. The van der Waals surface area contributed by atoms with E-state index in [2.05, 4.69) is 15.6 Å². The molecule has 3 nitrogen and oxygen atoms in total. The van der Waals surface area contributed by atoms with Crippen LogP contribution in [-0.4, -0.2) is 11.5 Å². The molecule has 0 amide bonds. The highest BCUT2D eigenvalue weighted by Gasteiger charge is 2.14. The standard InChI is InChI=1S/C13H10Cl3F2N3/c1-2-19-12-9(17)5-10(18)13(21-12)20-11-4-7(15)6(14)3-8(11)16/h3-5H,2H2,1H3,(H2,19,20,21). The Kier molecular flexibility index (Phi) is 5.08. The van der Waals surface area contributed by atoms with Crippen LogP contribution in [0.2, 0.25) is 15.1 Å². The molecule has 2 N–H and O–H groups in total. The van der Waals surface area contributed by atoms with Crippen LogP contribution in [0.5, 0.6) is 0 Å². The van der Waals surface area contributed by atoms with Crippen molar-refractivity contribution in [1.29, 1.82) is 0 Å². The number of halogens is 5. The van der Waals surface area contributed by atoms with E-state index in [4.69, 9.17) is 34.8 Å². The van der Waals surface area contributed by atoms with Crippen LogP contribution >= 0.6 is 34.8 Å². The van der Waals surface area contributed by atoms with Crippen LogP contribution in [-0.2, 0) is 0 Å². The summed E-state index contributed by atoms with van der Waals surface area (Å²) in [5.74, 6) is -1.86. The van der Waals surface area contributed by atoms with Gasteiger partial charge in [-0.2, -0.15) is 0 Å². The first-order chi connectivity index (χ1) is 9.92. The van der Waals surface area contributed by atoms with Crippen LogP contribution in [0.4, 0.5) is 26.1 Å². The first-order valence-corrected chi connectivity index (χ1v) is 7.07. The Morgan fingerprint density at radius 2 is 1.57 bits per heavy atom. The lowest BCUT2D eigenvalue weighted by Gasteiger charge is -2.12. The Bertz CT molecular complexity index is 680. The highest BCUT2D eigenvalue weighted by atomic mass is 35.5. The maximum Gasteiger partial charge on any atom is 0.169 e. The fraction of sp³-hybridized carbons (Fsp3) is 0.154. The number of benzene rings is 1. The highest BCUT2D eigenvalue weighted by Crippen LogP contribution is 2.34. The zero-order valence-electron chi connectivity index (χ0n) is 10.8. The van der Waals surface area contributed by atoms with Crippen LogP contribution in [0.15, 0.2) is 18.2 Å². The molecule has 8 heteroatoms. The predicted molar refractivity (Wildman–Crippen MR) is 83.1 cm³/mol. The first kappa shape index (κ1) is 16.1. The van der Waals surface area contributed by atoms with E-state index < -0.39 is 11.6 Å². The number of nitrogens with zero attached hydrogens (tertiary/aromatic N) is 1. The van der Waals surface area contributed by atoms with Gasteiger partial charge in [0, 0.05) is 12.6 Å². The maximum absolute atomic E-state index is 13.8. The number of anilines is 3. The minimum atomic E-state index is -0.851. The number of aromatic nitrogens is 1. The summed E-state index contributed by atoms with van der Waals surface area (Å²) in [6.45, 7) is 2.22. The van der Waals surface area contributed by atoms with Gasteiger partial charge in [0.2, 0.25) is 0 Å². The van der Waals surface area contributed by atoms with Crippen LogP contribution in [0.25, 0.3) is 0 Å². The molecule has 0 bridgehead atoms. The minimum Gasteiger partial charge on any atom is -0.368 e. The Balaban J connectivity index is 2.39. The zero-order valence-corrected chi connectivity index (χ0v) is 13.0. The lowest BCUT2D eigenvalue weighted by atomic mass is 10.3. The molecule has 1 heterocycles. The number of hydrogen-bond donors (Lipinski definition) is 2. The molecule has 0 radical (unpaired) electrons. The van der Waals surface area contributed by atoms with Crippen LogP contribution in [0, 0.1) is 11.6 Å². The Hall–Kier alpha value is -1.30. The van der Waals surface area contributed by atoms with Crippen molar-refractivity contribution in [3.63, 3.8) is 0 Å². The minimum absolute atomic E-state index is 0.0578. The third-order valence-electron chi connectivity index (χ3n) is 2.54. The Labute approximate surface area is 135 Å². The van der Waals surface area contributed by atoms with Crippen molar-refractivity contribution < 1.29 is 8.78 Å². The summed E-state index contributed by atoms with van der Waals surface area (Å²) in [4.78, 5) is 3.84. The topological polar surface area (TPSA) is 37.0 Å². The van der Waals surface area contributed by atoms with Gasteiger partial charge in [-0.15, -0.1) is 0 Å². The molecular formula is C13H10Cl3F2N3. The van der Waals surface area contributed by atoms with Gasteiger partial charge in [0.05, 0.1) is 20.8 Å². The number of pyridine rings is 1. The third kappa shape index (κ3) is 3.67. The zero-order chi connectivity index (χ0) is 15.6. The molecule has 0 unspecified atom stereocenters. The van der Waals surface area contributed by atoms with Crippen molar-refractivity contribution in [2.24, 2.45) is 0 Å². The maximum atomic E-state index is 13.8. The van der Waals surface area contributed by atoms with E-state index in [-0.39, 0.29) is 26.7 Å². The SMILES string of the molecule is CCNc1nc(Nc2cc(Cl)c(Cl)cc2Cl)c(F)cc1F. The molecule has 0 atom stereocenters. The van der Waals surface area contributed by atoms with Gasteiger partial charge >= 0.3 is 0 Å². The van der Waals surface area contributed by atoms with E-state index in [0.717, 1.165) is 6.07 Å². The highest BCUT2D eigenvalue weighted by molar-refractivity contribution is 6.44. The average molecular weight is 353 g/mol. The van der Waals surface area contributed by atoms with Gasteiger partial charge in [-0.3, -0.25) is 0 Å².